The highest BCUT2D eigenvalue weighted by Gasteiger charge is 2.49. The largest absolute Gasteiger partial charge is 0.481 e. The molecule has 0 bridgehead atoms. The quantitative estimate of drug-likeness (QED) is 0.723. The second-order valence-corrected chi connectivity index (χ2v) is 5.15. The SMILES string of the molecule is CC=CC1CC(C(=O)O)CCC1(CCOC)C(=O)O. The molecule has 1 aliphatic rings. The van der Waals surface area contributed by atoms with Crippen LogP contribution < -0.4 is 0 Å². The van der Waals surface area contributed by atoms with Crippen molar-refractivity contribution in [3.63, 3.8) is 0 Å². The molecule has 0 aliphatic heterocycles. The summed E-state index contributed by atoms with van der Waals surface area (Å²) in [5.74, 6) is -2.38. The lowest BCUT2D eigenvalue weighted by atomic mass is 9.61. The summed E-state index contributed by atoms with van der Waals surface area (Å²) in [6, 6.07) is 0. The lowest BCUT2D eigenvalue weighted by molar-refractivity contribution is -0.160. The van der Waals surface area contributed by atoms with E-state index in [1.54, 1.807) is 13.2 Å². The van der Waals surface area contributed by atoms with Crippen LogP contribution in [-0.4, -0.2) is 35.9 Å². The molecule has 0 aromatic heterocycles. The molecule has 5 nitrogen and oxygen atoms in total. The predicted octanol–water partition coefficient (Wildman–Crippen LogP) is 2.17. The van der Waals surface area contributed by atoms with Gasteiger partial charge in [-0.1, -0.05) is 12.2 Å². The van der Waals surface area contributed by atoms with Crippen molar-refractivity contribution >= 4 is 11.9 Å². The third-order valence-electron chi connectivity index (χ3n) is 4.14. The molecular weight excluding hydrogens is 248 g/mol. The normalized spacial score (nSPS) is 31.5. The summed E-state index contributed by atoms with van der Waals surface area (Å²) in [6.45, 7) is 2.20. The number of carboxylic acid groups (broad SMARTS) is 2. The monoisotopic (exact) mass is 270 g/mol. The second kappa shape index (κ2) is 6.70. The third-order valence-corrected chi connectivity index (χ3v) is 4.14. The van der Waals surface area contributed by atoms with Crippen LogP contribution in [0.1, 0.15) is 32.6 Å². The fourth-order valence-corrected chi connectivity index (χ4v) is 2.95. The zero-order valence-corrected chi connectivity index (χ0v) is 11.5. The Bertz CT molecular complexity index is 363. The molecule has 1 saturated carbocycles. The Kier molecular flexibility index (Phi) is 5.54. The van der Waals surface area contributed by atoms with Gasteiger partial charge in [-0.05, 0) is 38.5 Å². The first-order chi connectivity index (χ1) is 8.97. The number of allylic oxidation sites excluding steroid dienone is 2. The summed E-state index contributed by atoms with van der Waals surface area (Å²) in [4.78, 5) is 22.8. The average molecular weight is 270 g/mol. The lowest BCUT2D eigenvalue weighted by Gasteiger charge is -2.41. The van der Waals surface area contributed by atoms with Crippen LogP contribution in [0, 0.1) is 17.3 Å². The first kappa shape index (κ1) is 15.7. The minimum absolute atomic E-state index is 0.250. The number of ether oxygens (including phenoxy) is 1. The summed E-state index contributed by atoms with van der Waals surface area (Å²) < 4.78 is 5.02. The van der Waals surface area contributed by atoms with Crippen LogP contribution in [0.2, 0.25) is 0 Å². The van der Waals surface area contributed by atoms with Crippen LogP contribution in [0.15, 0.2) is 12.2 Å². The number of rotatable bonds is 6. The average Bonchev–Trinajstić information content (AvgIpc) is 2.37. The summed E-state index contributed by atoms with van der Waals surface area (Å²) in [5.41, 5.74) is -0.894. The molecule has 0 heterocycles. The van der Waals surface area contributed by atoms with Crippen molar-refractivity contribution in [2.24, 2.45) is 17.3 Å². The van der Waals surface area contributed by atoms with E-state index in [1.165, 1.54) is 0 Å². The molecule has 5 heteroatoms. The summed E-state index contributed by atoms with van der Waals surface area (Å²) in [7, 11) is 1.54. The van der Waals surface area contributed by atoms with Gasteiger partial charge in [0, 0.05) is 13.7 Å². The summed E-state index contributed by atoms with van der Waals surface area (Å²) >= 11 is 0. The van der Waals surface area contributed by atoms with Gasteiger partial charge < -0.3 is 14.9 Å². The smallest absolute Gasteiger partial charge is 0.310 e. The Morgan fingerprint density at radius 2 is 2.11 bits per heavy atom. The van der Waals surface area contributed by atoms with Gasteiger partial charge in [-0.15, -0.1) is 0 Å². The maximum absolute atomic E-state index is 11.7. The molecule has 3 atom stereocenters. The van der Waals surface area contributed by atoms with E-state index < -0.39 is 23.3 Å². The van der Waals surface area contributed by atoms with E-state index in [4.69, 9.17) is 9.84 Å². The van der Waals surface area contributed by atoms with Gasteiger partial charge in [0.1, 0.15) is 0 Å². The van der Waals surface area contributed by atoms with Crippen LogP contribution in [-0.2, 0) is 14.3 Å². The fraction of sp³-hybridized carbons (Fsp3) is 0.714. The van der Waals surface area contributed by atoms with E-state index >= 15 is 0 Å². The van der Waals surface area contributed by atoms with Crippen molar-refractivity contribution < 1.29 is 24.5 Å². The van der Waals surface area contributed by atoms with Gasteiger partial charge in [-0.2, -0.15) is 0 Å². The highest BCUT2D eigenvalue weighted by Crippen LogP contribution is 2.47. The maximum Gasteiger partial charge on any atom is 0.310 e. The number of hydrogen-bond donors (Lipinski definition) is 2. The molecule has 0 radical (unpaired) electrons. The highest BCUT2D eigenvalue weighted by atomic mass is 16.5. The molecule has 2 N–H and O–H groups in total. The lowest BCUT2D eigenvalue weighted by Crippen LogP contribution is -2.44. The highest BCUT2D eigenvalue weighted by molar-refractivity contribution is 5.77. The van der Waals surface area contributed by atoms with E-state index in [9.17, 15) is 14.7 Å². The van der Waals surface area contributed by atoms with Crippen LogP contribution in [0.4, 0.5) is 0 Å². The molecule has 108 valence electrons. The summed E-state index contributed by atoms with van der Waals surface area (Å²) in [6.07, 6.45) is 5.24. The zero-order chi connectivity index (χ0) is 14.5. The number of carbonyl (C=O) groups is 2. The predicted molar refractivity (Wildman–Crippen MR) is 69.8 cm³/mol. The van der Waals surface area contributed by atoms with Crippen molar-refractivity contribution in [2.45, 2.75) is 32.6 Å². The Balaban J connectivity index is 3.00. The molecular formula is C14H22O5. The molecule has 0 saturated heterocycles. The van der Waals surface area contributed by atoms with E-state index in [-0.39, 0.29) is 5.92 Å². The number of carboxylic acids is 2. The van der Waals surface area contributed by atoms with Crippen molar-refractivity contribution in [3.05, 3.63) is 12.2 Å². The molecule has 0 amide bonds. The molecule has 1 rings (SSSR count). The van der Waals surface area contributed by atoms with Crippen molar-refractivity contribution in [1.29, 1.82) is 0 Å². The number of methoxy groups -OCH3 is 1. The van der Waals surface area contributed by atoms with Gasteiger partial charge in [0.25, 0.3) is 0 Å². The molecule has 3 unspecified atom stereocenters. The zero-order valence-electron chi connectivity index (χ0n) is 11.5. The van der Waals surface area contributed by atoms with Crippen molar-refractivity contribution in [3.8, 4) is 0 Å². The first-order valence-corrected chi connectivity index (χ1v) is 6.56. The molecule has 0 aromatic carbocycles. The maximum atomic E-state index is 11.7. The van der Waals surface area contributed by atoms with Crippen LogP contribution in [0.5, 0.6) is 0 Å². The van der Waals surface area contributed by atoms with E-state index in [0.29, 0.717) is 32.3 Å². The molecule has 1 aliphatic carbocycles. The summed E-state index contributed by atoms with van der Waals surface area (Å²) in [5, 5.41) is 18.7. The van der Waals surface area contributed by atoms with Gasteiger partial charge in [0.15, 0.2) is 0 Å². The first-order valence-electron chi connectivity index (χ1n) is 6.56. The van der Waals surface area contributed by atoms with Gasteiger partial charge in [-0.25, -0.2) is 0 Å². The van der Waals surface area contributed by atoms with Crippen molar-refractivity contribution in [1.82, 2.24) is 0 Å². The van der Waals surface area contributed by atoms with Gasteiger partial charge in [-0.3, -0.25) is 9.59 Å². The molecule has 0 spiro atoms. The molecule has 19 heavy (non-hydrogen) atoms. The number of hydrogen-bond acceptors (Lipinski definition) is 3. The van der Waals surface area contributed by atoms with Crippen LogP contribution in [0.3, 0.4) is 0 Å². The minimum atomic E-state index is -0.894. The van der Waals surface area contributed by atoms with Gasteiger partial charge >= 0.3 is 11.9 Å². The fourth-order valence-electron chi connectivity index (χ4n) is 2.95. The standard InChI is InChI=1S/C14H22O5/c1-3-4-11-9-10(12(15)16)5-6-14(11,13(17)18)7-8-19-2/h3-4,10-11H,5-9H2,1-2H3,(H,15,16)(H,17,18). The Morgan fingerprint density at radius 3 is 2.58 bits per heavy atom. The Labute approximate surface area is 113 Å². The second-order valence-electron chi connectivity index (χ2n) is 5.15. The van der Waals surface area contributed by atoms with Crippen LogP contribution in [0.25, 0.3) is 0 Å². The Hall–Kier alpha value is -1.36. The van der Waals surface area contributed by atoms with Gasteiger partial charge in [0.2, 0.25) is 0 Å². The third kappa shape index (κ3) is 3.35. The topological polar surface area (TPSA) is 83.8 Å². The minimum Gasteiger partial charge on any atom is -0.481 e. The van der Waals surface area contributed by atoms with E-state index in [2.05, 4.69) is 0 Å². The van der Waals surface area contributed by atoms with Crippen molar-refractivity contribution in [2.75, 3.05) is 13.7 Å². The van der Waals surface area contributed by atoms with E-state index in [1.807, 2.05) is 13.0 Å². The molecule has 1 fully saturated rings. The number of aliphatic carboxylic acids is 2. The van der Waals surface area contributed by atoms with E-state index in [0.717, 1.165) is 0 Å². The Morgan fingerprint density at radius 1 is 1.42 bits per heavy atom. The van der Waals surface area contributed by atoms with Crippen LogP contribution >= 0.6 is 0 Å². The molecule has 0 aromatic rings. The van der Waals surface area contributed by atoms with Gasteiger partial charge in [0.05, 0.1) is 11.3 Å².